The number of rotatable bonds is 2. The van der Waals surface area contributed by atoms with Gasteiger partial charge in [0, 0.05) is 0 Å². The second kappa shape index (κ2) is 4.88. The third kappa shape index (κ3) is 1.84. The molecule has 0 aliphatic carbocycles. The summed E-state index contributed by atoms with van der Waals surface area (Å²) in [5.74, 6) is 0.918. The van der Waals surface area contributed by atoms with Crippen molar-refractivity contribution < 1.29 is 4.74 Å². The minimum atomic E-state index is -0.359. The van der Waals surface area contributed by atoms with E-state index in [1.165, 1.54) is 22.2 Å². The van der Waals surface area contributed by atoms with Gasteiger partial charge in [0.15, 0.2) is 0 Å². The van der Waals surface area contributed by atoms with Gasteiger partial charge in [-0.2, -0.15) is 0 Å². The Morgan fingerprint density at radius 2 is 2.05 bits per heavy atom. The average molecular weight is 304 g/mol. The Bertz CT molecular complexity index is 867. The maximum atomic E-state index is 6.29. The van der Waals surface area contributed by atoms with Crippen LogP contribution in [0, 0.1) is 0 Å². The first-order valence-corrected chi connectivity index (χ1v) is 8.40. The van der Waals surface area contributed by atoms with E-state index in [1.54, 1.807) is 6.20 Å². The normalized spacial score (nSPS) is 15.1. The molecule has 3 aromatic rings. The van der Waals surface area contributed by atoms with Crippen LogP contribution in [0.2, 0.25) is 5.28 Å². The number of hydrogen-bond acceptors (Lipinski definition) is 2. The predicted molar refractivity (Wildman–Crippen MR) is 89.4 cm³/mol. The molecule has 1 aromatic carbocycles. The predicted octanol–water partition coefficient (Wildman–Crippen LogP) is 3.92. The zero-order valence-electron chi connectivity index (χ0n) is 12.8. The summed E-state index contributed by atoms with van der Waals surface area (Å²) in [6, 6.07) is 10.6. The van der Waals surface area contributed by atoms with Crippen molar-refractivity contribution >= 4 is 27.2 Å². The van der Waals surface area contributed by atoms with E-state index in [2.05, 4.69) is 64.0 Å². The van der Waals surface area contributed by atoms with Crippen molar-refractivity contribution in [2.75, 3.05) is 0 Å². The molecule has 0 spiro atoms. The zero-order valence-corrected chi connectivity index (χ0v) is 14.0. The van der Waals surface area contributed by atoms with Crippen molar-refractivity contribution in [3.8, 4) is 16.9 Å². The molecule has 3 heterocycles. The van der Waals surface area contributed by atoms with E-state index in [-0.39, 0.29) is 5.60 Å². The van der Waals surface area contributed by atoms with Crippen LogP contribution in [0.4, 0.5) is 0 Å². The monoisotopic (exact) mass is 304 g/mol. The molecule has 22 heavy (non-hydrogen) atoms. The van der Waals surface area contributed by atoms with Crippen LogP contribution in [0.1, 0.15) is 19.5 Å². The first-order valence-electron chi connectivity index (χ1n) is 7.58. The summed E-state index contributed by atoms with van der Waals surface area (Å²) in [5, 5.41) is 2.29. The third-order valence-electron chi connectivity index (χ3n) is 4.31. The molecule has 0 amide bonds. The summed E-state index contributed by atoms with van der Waals surface area (Å²) in [6.07, 6.45) is 3.71. The quantitative estimate of drug-likeness (QED) is 0.671. The van der Waals surface area contributed by atoms with Gasteiger partial charge in [-0.3, -0.25) is 0 Å². The van der Waals surface area contributed by atoms with Crippen LogP contribution < -0.4 is 4.74 Å². The molecule has 0 N–H and O–H groups in total. The average Bonchev–Trinajstić information content (AvgIpc) is 2.84. The molecule has 107 valence electrons. The van der Waals surface area contributed by atoms with Gasteiger partial charge in [0.1, 0.15) is 0 Å². The van der Waals surface area contributed by atoms with E-state index >= 15 is 0 Å². The van der Waals surface area contributed by atoms with E-state index in [1.807, 2.05) is 12.3 Å². The molecule has 1 aliphatic heterocycles. The summed E-state index contributed by atoms with van der Waals surface area (Å²) in [7, 11) is 0. The molecular weight excluding hydrogens is 287 g/mol. The number of fused-ring (bicyclic) bond motifs is 5. The number of para-hydroxylation sites is 1. The molecule has 1 aliphatic rings. The van der Waals surface area contributed by atoms with Crippen LogP contribution in [0.3, 0.4) is 0 Å². The summed E-state index contributed by atoms with van der Waals surface area (Å²) in [6.45, 7) is 5.25. The number of pyridine rings is 1. The molecule has 3 nitrogen and oxygen atoms in total. The zero-order chi connectivity index (χ0) is 15.3. The number of hydrogen-bond donors (Lipinski definition) is 0. The van der Waals surface area contributed by atoms with Crippen LogP contribution in [0.5, 0.6) is 5.75 Å². The first kappa shape index (κ1) is 13.9. The topological polar surface area (TPSA) is 27.1 Å². The third-order valence-corrected chi connectivity index (χ3v) is 4.57. The fourth-order valence-corrected chi connectivity index (χ4v) is 3.80. The molecule has 2 aromatic heterocycles. The molecule has 4 rings (SSSR count). The van der Waals surface area contributed by atoms with Gasteiger partial charge in [-0.05, 0) is 0 Å². The Kier molecular flexibility index (Phi) is 3.07. The minimum absolute atomic E-state index is 0.359. The van der Waals surface area contributed by atoms with Crippen LogP contribution in [0.25, 0.3) is 22.0 Å². The van der Waals surface area contributed by atoms with Crippen molar-refractivity contribution in [2.24, 2.45) is 0 Å². The van der Waals surface area contributed by atoms with Crippen molar-refractivity contribution in [2.45, 2.75) is 31.3 Å². The maximum absolute atomic E-state index is 6.29. The van der Waals surface area contributed by atoms with Crippen molar-refractivity contribution in [3.05, 3.63) is 48.4 Å². The van der Waals surface area contributed by atoms with Gasteiger partial charge >= 0.3 is 138 Å². The standard InChI is InChI=1S/C18H17N2O.Al/c1-4-20-14-8-6-5-7-12(14)16-13-11-19-10-9-15(13)21-18(2,3)17(16)20;/h5-11H,1,4H2,2-3H3;/q;+1. The number of benzene rings is 1. The molecule has 0 unspecified atom stereocenters. The van der Waals surface area contributed by atoms with Crippen LogP contribution >= 0.6 is 0 Å². The van der Waals surface area contributed by atoms with Crippen LogP contribution in [-0.2, 0) is 12.1 Å². The van der Waals surface area contributed by atoms with Crippen LogP contribution in [0.15, 0.2) is 42.7 Å². The van der Waals surface area contributed by atoms with E-state index in [9.17, 15) is 0 Å². The van der Waals surface area contributed by atoms with Crippen LogP contribution in [-0.4, -0.2) is 25.8 Å². The molecule has 0 fully saturated rings. The van der Waals surface area contributed by atoms with Gasteiger partial charge in [-0.15, -0.1) is 0 Å². The fraction of sp³-hybridized carbons (Fsp3) is 0.278. The molecule has 4 heteroatoms. The SMILES string of the molecule is CC1(C)Oc2ccncc2-c2c1n(C[CH2][Al+])c1ccccc21. The molecular formula is C18H17AlN2O+. The molecule has 1 radical (unpaired) electrons. The van der Waals surface area contributed by atoms with Gasteiger partial charge in [0.2, 0.25) is 0 Å². The van der Waals surface area contributed by atoms with Gasteiger partial charge in [-0.25, -0.2) is 0 Å². The Morgan fingerprint density at radius 3 is 2.86 bits per heavy atom. The number of ether oxygens (including phenoxy) is 1. The van der Waals surface area contributed by atoms with Crippen molar-refractivity contribution in [1.82, 2.24) is 9.55 Å². The van der Waals surface area contributed by atoms with E-state index < -0.39 is 0 Å². The Morgan fingerprint density at radius 1 is 1.23 bits per heavy atom. The van der Waals surface area contributed by atoms with E-state index in [0.29, 0.717) is 0 Å². The van der Waals surface area contributed by atoms with Gasteiger partial charge in [-0.1, -0.05) is 0 Å². The molecule has 0 bridgehead atoms. The Balaban J connectivity index is 2.17. The van der Waals surface area contributed by atoms with Crippen molar-refractivity contribution in [1.29, 1.82) is 0 Å². The number of nitrogens with zero attached hydrogens (tertiary/aromatic N) is 2. The molecule has 0 atom stereocenters. The summed E-state index contributed by atoms with van der Waals surface area (Å²) in [4.78, 5) is 4.31. The second-order valence-electron chi connectivity index (χ2n) is 6.17. The first-order chi connectivity index (χ1) is 10.6. The number of aryl methyl sites for hydroxylation is 1. The number of aromatic nitrogens is 2. The molecule has 0 saturated carbocycles. The molecule has 0 saturated heterocycles. The summed E-state index contributed by atoms with van der Waals surface area (Å²) >= 11 is 2.82. The fourth-order valence-electron chi connectivity index (χ4n) is 3.55. The van der Waals surface area contributed by atoms with Gasteiger partial charge in [0.25, 0.3) is 0 Å². The van der Waals surface area contributed by atoms with E-state index in [4.69, 9.17) is 4.74 Å². The second-order valence-corrected chi connectivity index (χ2v) is 6.74. The Labute approximate surface area is 138 Å². The van der Waals surface area contributed by atoms with Gasteiger partial charge < -0.3 is 0 Å². The van der Waals surface area contributed by atoms with Gasteiger partial charge in [0.05, 0.1) is 0 Å². The summed E-state index contributed by atoms with van der Waals surface area (Å²) < 4.78 is 8.69. The van der Waals surface area contributed by atoms with E-state index in [0.717, 1.165) is 23.1 Å². The Hall–Kier alpha value is -1.76. The summed E-state index contributed by atoms with van der Waals surface area (Å²) in [5.41, 5.74) is 4.52. The van der Waals surface area contributed by atoms with Crippen molar-refractivity contribution in [3.63, 3.8) is 0 Å².